The van der Waals surface area contributed by atoms with Crippen molar-refractivity contribution in [2.75, 3.05) is 24.7 Å². The van der Waals surface area contributed by atoms with Gasteiger partial charge in [0, 0.05) is 23.9 Å². The lowest BCUT2D eigenvalue weighted by molar-refractivity contribution is 0.0989. The molecule has 30 heavy (non-hydrogen) atoms. The van der Waals surface area contributed by atoms with Gasteiger partial charge in [0.2, 0.25) is 0 Å². The summed E-state index contributed by atoms with van der Waals surface area (Å²) in [5, 5.41) is 0. The Morgan fingerprint density at radius 1 is 0.933 bits per heavy atom. The fourth-order valence-electron chi connectivity index (χ4n) is 3.40. The van der Waals surface area contributed by atoms with Crippen molar-refractivity contribution < 1.29 is 14.3 Å². The highest BCUT2D eigenvalue weighted by Crippen LogP contribution is 2.34. The molecule has 0 N–H and O–H groups in total. The van der Waals surface area contributed by atoms with Gasteiger partial charge >= 0.3 is 0 Å². The van der Waals surface area contributed by atoms with E-state index in [1.165, 1.54) is 5.56 Å². The highest BCUT2D eigenvalue weighted by molar-refractivity contribution is 6.06. The lowest BCUT2D eigenvalue weighted by Crippen LogP contribution is -2.31. The SMILES string of the molecule is CCc1ccc(C(=O)N(C/C=C/c2ccccc2)c2ccc3c(c2)OCCO3)cc1. The Labute approximate surface area is 177 Å². The molecule has 0 aromatic heterocycles. The number of benzene rings is 3. The largest absolute Gasteiger partial charge is 0.486 e. The summed E-state index contributed by atoms with van der Waals surface area (Å²) >= 11 is 0. The van der Waals surface area contributed by atoms with Gasteiger partial charge in [0.15, 0.2) is 11.5 Å². The first-order valence-corrected chi connectivity index (χ1v) is 10.3. The summed E-state index contributed by atoms with van der Waals surface area (Å²) in [6.45, 7) is 3.60. The van der Waals surface area contributed by atoms with Gasteiger partial charge in [0.05, 0.1) is 0 Å². The zero-order valence-electron chi connectivity index (χ0n) is 17.1. The summed E-state index contributed by atoms with van der Waals surface area (Å²) in [6, 6.07) is 23.5. The maximum Gasteiger partial charge on any atom is 0.258 e. The second-order valence-electron chi connectivity index (χ2n) is 7.11. The minimum Gasteiger partial charge on any atom is -0.486 e. The predicted octanol–water partition coefficient (Wildman–Crippen LogP) is 5.38. The van der Waals surface area contributed by atoms with Crippen molar-refractivity contribution >= 4 is 17.7 Å². The smallest absolute Gasteiger partial charge is 0.258 e. The molecular formula is C26H25NO3. The fraction of sp³-hybridized carbons (Fsp3) is 0.192. The number of anilines is 1. The van der Waals surface area contributed by atoms with Gasteiger partial charge in [-0.15, -0.1) is 0 Å². The molecule has 0 spiro atoms. The quantitative estimate of drug-likeness (QED) is 0.559. The van der Waals surface area contributed by atoms with E-state index in [2.05, 4.69) is 6.92 Å². The van der Waals surface area contributed by atoms with Crippen LogP contribution in [0.2, 0.25) is 0 Å². The van der Waals surface area contributed by atoms with E-state index >= 15 is 0 Å². The molecule has 1 aliphatic heterocycles. The molecule has 3 aromatic carbocycles. The molecule has 0 saturated heterocycles. The van der Waals surface area contributed by atoms with Gasteiger partial charge in [0.1, 0.15) is 13.2 Å². The van der Waals surface area contributed by atoms with Crippen LogP contribution in [0.15, 0.2) is 78.9 Å². The molecule has 1 aliphatic rings. The van der Waals surface area contributed by atoms with Gasteiger partial charge in [-0.2, -0.15) is 0 Å². The zero-order chi connectivity index (χ0) is 20.8. The van der Waals surface area contributed by atoms with E-state index in [-0.39, 0.29) is 5.91 Å². The van der Waals surface area contributed by atoms with E-state index in [1.807, 2.05) is 84.9 Å². The summed E-state index contributed by atoms with van der Waals surface area (Å²) in [7, 11) is 0. The first kappa shape index (κ1) is 19.8. The number of hydrogen-bond donors (Lipinski definition) is 0. The average Bonchev–Trinajstić information content (AvgIpc) is 2.82. The Morgan fingerprint density at radius 2 is 1.67 bits per heavy atom. The van der Waals surface area contributed by atoms with E-state index in [9.17, 15) is 4.79 Å². The Morgan fingerprint density at radius 3 is 2.40 bits per heavy atom. The van der Waals surface area contributed by atoms with Crippen LogP contribution in [0.3, 0.4) is 0 Å². The number of nitrogens with zero attached hydrogens (tertiary/aromatic N) is 1. The molecule has 0 bridgehead atoms. The summed E-state index contributed by atoms with van der Waals surface area (Å²) in [5.74, 6) is 1.33. The molecule has 0 radical (unpaired) electrons. The van der Waals surface area contributed by atoms with Crippen LogP contribution in [0.4, 0.5) is 5.69 Å². The molecule has 4 nitrogen and oxygen atoms in total. The average molecular weight is 399 g/mol. The van der Waals surface area contributed by atoms with Crippen LogP contribution in [0, 0.1) is 0 Å². The lowest BCUT2D eigenvalue weighted by atomic mass is 10.1. The number of fused-ring (bicyclic) bond motifs is 1. The Kier molecular flexibility index (Phi) is 6.14. The molecule has 0 saturated carbocycles. The van der Waals surface area contributed by atoms with Gasteiger partial charge in [-0.1, -0.05) is 61.5 Å². The minimum absolute atomic E-state index is 0.0490. The third-order valence-electron chi connectivity index (χ3n) is 5.09. The third-order valence-corrected chi connectivity index (χ3v) is 5.09. The number of carbonyl (C=O) groups is 1. The number of amides is 1. The second kappa shape index (κ2) is 9.31. The van der Waals surface area contributed by atoms with Gasteiger partial charge < -0.3 is 14.4 Å². The molecule has 0 atom stereocenters. The van der Waals surface area contributed by atoms with E-state index in [1.54, 1.807) is 4.90 Å². The Balaban J connectivity index is 1.63. The number of carbonyl (C=O) groups excluding carboxylic acids is 1. The molecule has 4 heteroatoms. The minimum atomic E-state index is -0.0490. The van der Waals surface area contributed by atoms with Gasteiger partial charge in [-0.25, -0.2) is 0 Å². The number of hydrogen-bond acceptors (Lipinski definition) is 3. The van der Waals surface area contributed by atoms with Crippen molar-refractivity contribution in [1.82, 2.24) is 0 Å². The number of ether oxygens (including phenoxy) is 2. The Bertz CT molecular complexity index is 1030. The van der Waals surface area contributed by atoms with E-state index in [0.29, 0.717) is 36.8 Å². The van der Waals surface area contributed by atoms with Crippen molar-refractivity contribution in [2.45, 2.75) is 13.3 Å². The molecule has 1 amide bonds. The number of rotatable bonds is 6. The van der Waals surface area contributed by atoms with Crippen LogP contribution < -0.4 is 14.4 Å². The molecule has 4 rings (SSSR count). The maximum absolute atomic E-state index is 13.4. The monoisotopic (exact) mass is 399 g/mol. The van der Waals surface area contributed by atoms with Gasteiger partial charge in [-0.05, 0) is 41.8 Å². The normalized spacial score (nSPS) is 12.7. The predicted molar refractivity (Wildman–Crippen MR) is 120 cm³/mol. The van der Waals surface area contributed by atoms with E-state index < -0.39 is 0 Å². The molecule has 1 heterocycles. The summed E-state index contributed by atoms with van der Waals surface area (Å²) in [5.41, 5.74) is 3.75. The standard InChI is InChI=1S/C26H25NO3/c1-2-20-10-12-22(13-11-20)26(28)27(16-6-9-21-7-4-3-5-8-21)23-14-15-24-25(19-23)30-18-17-29-24/h3-15,19H,2,16-18H2,1H3/b9-6+. The third kappa shape index (κ3) is 4.54. The molecule has 0 fully saturated rings. The van der Waals surface area contributed by atoms with Crippen molar-refractivity contribution in [2.24, 2.45) is 0 Å². The number of aryl methyl sites for hydroxylation is 1. The van der Waals surface area contributed by atoms with Crippen LogP contribution in [0.1, 0.15) is 28.4 Å². The van der Waals surface area contributed by atoms with E-state index in [0.717, 1.165) is 17.7 Å². The first-order chi connectivity index (χ1) is 14.7. The Hall–Kier alpha value is -3.53. The topological polar surface area (TPSA) is 38.8 Å². The first-order valence-electron chi connectivity index (χ1n) is 10.3. The summed E-state index contributed by atoms with van der Waals surface area (Å²) < 4.78 is 11.3. The van der Waals surface area contributed by atoms with Crippen LogP contribution in [0.5, 0.6) is 11.5 Å². The summed E-state index contributed by atoms with van der Waals surface area (Å²) in [4.78, 5) is 15.1. The zero-order valence-corrected chi connectivity index (χ0v) is 17.1. The fourth-order valence-corrected chi connectivity index (χ4v) is 3.40. The van der Waals surface area contributed by atoms with Crippen LogP contribution >= 0.6 is 0 Å². The van der Waals surface area contributed by atoms with Crippen molar-refractivity contribution in [1.29, 1.82) is 0 Å². The van der Waals surface area contributed by atoms with Crippen LogP contribution in [0.25, 0.3) is 6.08 Å². The highest BCUT2D eigenvalue weighted by Gasteiger charge is 2.20. The van der Waals surface area contributed by atoms with Gasteiger partial charge in [0.25, 0.3) is 5.91 Å². The van der Waals surface area contributed by atoms with Crippen molar-refractivity contribution in [3.05, 3.63) is 95.6 Å². The second-order valence-corrected chi connectivity index (χ2v) is 7.11. The van der Waals surface area contributed by atoms with Crippen LogP contribution in [-0.2, 0) is 6.42 Å². The maximum atomic E-state index is 13.4. The molecule has 152 valence electrons. The van der Waals surface area contributed by atoms with Crippen molar-refractivity contribution in [3.63, 3.8) is 0 Å². The molecule has 0 unspecified atom stereocenters. The molecule has 0 aliphatic carbocycles. The van der Waals surface area contributed by atoms with E-state index in [4.69, 9.17) is 9.47 Å². The van der Waals surface area contributed by atoms with Crippen LogP contribution in [-0.4, -0.2) is 25.7 Å². The summed E-state index contributed by atoms with van der Waals surface area (Å²) in [6.07, 6.45) is 4.98. The van der Waals surface area contributed by atoms with Crippen molar-refractivity contribution in [3.8, 4) is 11.5 Å². The lowest BCUT2D eigenvalue weighted by Gasteiger charge is -2.25. The van der Waals surface area contributed by atoms with Gasteiger partial charge in [-0.3, -0.25) is 4.79 Å². The highest BCUT2D eigenvalue weighted by atomic mass is 16.6. The molecule has 3 aromatic rings. The molecular weight excluding hydrogens is 374 g/mol.